The molecule has 2 rings (SSSR count). The van der Waals surface area contributed by atoms with Crippen LogP contribution in [0.5, 0.6) is 0 Å². The number of aliphatic imine (C=N–C) groups is 1. The van der Waals surface area contributed by atoms with Crippen LogP contribution in [0.1, 0.15) is 43.2 Å². The average Bonchev–Trinajstić information content (AvgIpc) is 2.39. The molecule has 0 amide bonds. The van der Waals surface area contributed by atoms with E-state index in [0.29, 0.717) is 18.5 Å². The standard InChI is InChI=1S/C15H22BrN3/c1-11-9-13(16)8-7-12(11)10-18-15(17)19-14-5-3-2-4-6-14/h7-9,14H,2-6,10H2,1H3,(H3,17,18,19). The molecular weight excluding hydrogens is 302 g/mol. The van der Waals surface area contributed by atoms with Crippen molar-refractivity contribution in [3.8, 4) is 0 Å². The van der Waals surface area contributed by atoms with Crippen LogP contribution >= 0.6 is 15.9 Å². The summed E-state index contributed by atoms with van der Waals surface area (Å²) in [4.78, 5) is 4.45. The fraction of sp³-hybridized carbons (Fsp3) is 0.533. The largest absolute Gasteiger partial charge is 0.370 e. The molecule has 1 aliphatic rings. The second kappa shape index (κ2) is 6.94. The Hall–Kier alpha value is -1.03. The van der Waals surface area contributed by atoms with Crippen LogP contribution in [0.4, 0.5) is 0 Å². The Morgan fingerprint density at radius 2 is 2.11 bits per heavy atom. The zero-order chi connectivity index (χ0) is 13.7. The second-order valence-electron chi connectivity index (χ2n) is 5.25. The van der Waals surface area contributed by atoms with Crippen LogP contribution in [0.15, 0.2) is 27.7 Å². The highest BCUT2D eigenvalue weighted by molar-refractivity contribution is 9.10. The molecule has 1 saturated carbocycles. The van der Waals surface area contributed by atoms with Crippen molar-refractivity contribution in [3.63, 3.8) is 0 Å². The topological polar surface area (TPSA) is 50.4 Å². The van der Waals surface area contributed by atoms with Gasteiger partial charge < -0.3 is 11.1 Å². The van der Waals surface area contributed by atoms with Gasteiger partial charge in [0.2, 0.25) is 0 Å². The van der Waals surface area contributed by atoms with E-state index >= 15 is 0 Å². The Labute approximate surface area is 123 Å². The smallest absolute Gasteiger partial charge is 0.189 e. The second-order valence-corrected chi connectivity index (χ2v) is 6.17. The van der Waals surface area contributed by atoms with Gasteiger partial charge in [-0.3, -0.25) is 0 Å². The van der Waals surface area contributed by atoms with Gasteiger partial charge in [-0.15, -0.1) is 0 Å². The molecule has 4 heteroatoms. The molecule has 0 spiro atoms. The number of nitrogens with one attached hydrogen (secondary N) is 1. The lowest BCUT2D eigenvalue weighted by atomic mass is 9.96. The minimum Gasteiger partial charge on any atom is -0.370 e. The highest BCUT2D eigenvalue weighted by atomic mass is 79.9. The number of benzene rings is 1. The molecule has 0 radical (unpaired) electrons. The maximum absolute atomic E-state index is 5.96. The number of guanidine groups is 1. The lowest BCUT2D eigenvalue weighted by Crippen LogP contribution is -2.41. The van der Waals surface area contributed by atoms with Crippen LogP contribution < -0.4 is 11.1 Å². The van der Waals surface area contributed by atoms with Crippen molar-refractivity contribution in [2.24, 2.45) is 10.7 Å². The first-order valence-electron chi connectivity index (χ1n) is 6.96. The summed E-state index contributed by atoms with van der Waals surface area (Å²) in [6, 6.07) is 6.76. The first kappa shape index (κ1) is 14.4. The van der Waals surface area contributed by atoms with Crippen LogP contribution in [-0.2, 0) is 6.54 Å². The highest BCUT2D eigenvalue weighted by Crippen LogP contribution is 2.18. The van der Waals surface area contributed by atoms with E-state index in [1.807, 2.05) is 6.07 Å². The van der Waals surface area contributed by atoms with Gasteiger partial charge in [0.15, 0.2) is 5.96 Å². The molecule has 104 valence electrons. The quantitative estimate of drug-likeness (QED) is 0.660. The number of hydrogen-bond donors (Lipinski definition) is 2. The van der Waals surface area contributed by atoms with Gasteiger partial charge in [-0.25, -0.2) is 4.99 Å². The SMILES string of the molecule is Cc1cc(Br)ccc1CN=C(N)NC1CCCCC1. The first-order chi connectivity index (χ1) is 9.15. The Bertz CT molecular complexity index is 451. The van der Waals surface area contributed by atoms with Gasteiger partial charge in [0.05, 0.1) is 6.54 Å². The molecule has 3 N–H and O–H groups in total. The van der Waals surface area contributed by atoms with Gasteiger partial charge in [0.25, 0.3) is 0 Å². The maximum Gasteiger partial charge on any atom is 0.189 e. The molecule has 0 saturated heterocycles. The van der Waals surface area contributed by atoms with E-state index < -0.39 is 0 Å². The minimum absolute atomic E-state index is 0.517. The van der Waals surface area contributed by atoms with Gasteiger partial charge in [-0.05, 0) is 43.0 Å². The van der Waals surface area contributed by atoms with E-state index in [2.05, 4.69) is 45.3 Å². The molecule has 1 aliphatic carbocycles. The zero-order valence-corrected chi connectivity index (χ0v) is 13.0. The number of aryl methyl sites for hydroxylation is 1. The molecule has 0 atom stereocenters. The van der Waals surface area contributed by atoms with E-state index in [-0.39, 0.29) is 0 Å². The molecule has 1 aromatic carbocycles. The summed E-state index contributed by atoms with van der Waals surface area (Å²) in [6.45, 7) is 2.74. The van der Waals surface area contributed by atoms with Crippen LogP contribution in [0.2, 0.25) is 0 Å². The number of nitrogens with zero attached hydrogens (tertiary/aromatic N) is 1. The van der Waals surface area contributed by atoms with Crippen LogP contribution in [0, 0.1) is 6.92 Å². The maximum atomic E-state index is 5.96. The predicted octanol–water partition coefficient (Wildman–Crippen LogP) is 3.49. The Morgan fingerprint density at radius 3 is 2.79 bits per heavy atom. The molecule has 0 heterocycles. The van der Waals surface area contributed by atoms with Gasteiger partial charge in [0, 0.05) is 10.5 Å². The monoisotopic (exact) mass is 323 g/mol. The van der Waals surface area contributed by atoms with E-state index in [9.17, 15) is 0 Å². The van der Waals surface area contributed by atoms with E-state index in [4.69, 9.17) is 5.73 Å². The molecule has 0 aromatic heterocycles. The van der Waals surface area contributed by atoms with Crippen LogP contribution in [-0.4, -0.2) is 12.0 Å². The predicted molar refractivity (Wildman–Crippen MR) is 84.2 cm³/mol. The first-order valence-corrected chi connectivity index (χ1v) is 7.76. The third-order valence-corrected chi connectivity index (χ3v) is 4.17. The normalized spacial score (nSPS) is 17.5. The summed E-state index contributed by atoms with van der Waals surface area (Å²) in [5, 5.41) is 3.34. The number of hydrogen-bond acceptors (Lipinski definition) is 1. The molecule has 19 heavy (non-hydrogen) atoms. The number of halogens is 1. The third kappa shape index (κ3) is 4.53. The van der Waals surface area contributed by atoms with Crippen molar-refractivity contribution in [1.82, 2.24) is 5.32 Å². The van der Waals surface area contributed by atoms with Crippen molar-refractivity contribution < 1.29 is 0 Å². The number of nitrogens with two attached hydrogens (primary N) is 1. The molecule has 0 aliphatic heterocycles. The fourth-order valence-electron chi connectivity index (χ4n) is 2.51. The molecule has 0 unspecified atom stereocenters. The molecule has 1 aromatic rings. The van der Waals surface area contributed by atoms with Gasteiger partial charge in [-0.1, -0.05) is 41.3 Å². The summed E-state index contributed by atoms with van der Waals surface area (Å²) >= 11 is 3.47. The van der Waals surface area contributed by atoms with Crippen molar-refractivity contribution in [2.45, 2.75) is 51.6 Å². The van der Waals surface area contributed by atoms with Crippen molar-refractivity contribution >= 4 is 21.9 Å². The Kier molecular flexibility index (Phi) is 5.25. The van der Waals surface area contributed by atoms with Crippen LogP contribution in [0.25, 0.3) is 0 Å². The highest BCUT2D eigenvalue weighted by Gasteiger charge is 2.13. The third-order valence-electron chi connectivity index (χ3n) is 3.68. The van der Waals surface area contributed by atoms with E-state index in [0.717, 1.165) is 4.47 Å². The molecular formula is C15H22BrN3. The Morgan fingerprint density at radius 1 is 1.37 bits per heavy atom. The lowest BCUT2D eigenvalue weighted by Gasteiger charge is -2.23. The zero-order valence-electron chi connectivity index (χ0n) is 11.5. The number of rotatable bonds is 3. The molecule has 1 fully saturated rings. The van der Waals surface area contributed by atoms with E-state index in [1.54, 1.807) is 0 Å². The summed E-state index contributed by atoms with van der Waals surface area (Å²) in [5.41, 5.74) is 8.42. The van der Waals surface area contributed by atoms with Gasteiger partial charge in [-0.2, -0.15) is 0 Å². The summed E-state index contributed by atoms with van der Waals surface area (Å²) in [5.74, 6) is 0.578. The Balaban J connectivity index is 1.89. The van der Waals surface area contributed by atoms with E-state index in [1.165, 1.54) is 43.2 Å². The fourth-order valence-corrected chi connectivity index (χ4v) is 2.98. The summed E-state index contributed by atoms with van der Waals surface area (Å²) in [6.07, 6.45) is 6.39. The lowest BCUT2D eigenvalue weighted by molar-refractivity contribution is 0.412. The molecule has 0 bridgehead atoms. The van der Waals surface area contributed by atoms with Crippen molar-refractivity contribution in [3.05, 3.63) is 33.8 Å². The van der Waals surface area contributed by atoms with Crippen molar-refractivity contribution in [1.29, 1.82) is 0 Å². The van der Waals surface area contributed by atoms with Crippen LogP contribution in [0.3, 0.4) is 0 Å². The van der Waals surface area contributed by atoms with Gasteiger partial charge >= 0.3 is 0 Å². The minimum atomic E-state index is 0.517. The molecule has 3 nitrogen and oxygen atoms in total. The summed E-state index contributed by atoms with van der Waals surface area (Å²) in [7, 11) is 0. The van der Waals surface area contributed by atoms with Gasteiger partial charge in [0.1, 0.15) is 0 Å². The van der Waals surface area contributed by atoms with Crippen molar-refractivity contribution in [2.75, 3.05) is 0 Å². The summed E-state index contributed by atoms with van der Waals surface area (Å²) < 4.78 is 1.10. The average molecular weight is 324 g/mol.